The Morgan fingerprint density at radius 3 is 3.04 bits per heavy atom. The normalized spacial score (nSPS) is 11.9. The molecule has 1 amide bonds. The fraction of sp³-hybridized carbons (Fsp3) is 0.263. The van der Waals surface area contributed by atoms with Gasteiger partial charge in [0.05, 0.1) is 24.6 Å². The number of nitrogens with one attached hydrogen (secondary N) is 2. The van der Waals surface area contributed by atoms with Gasteiger partial charge in [0, 0.05) is 24.6 Å². The van der Waals surface area contributed by atoms with E-state index in [9.17, 15) is 9.90 Å². The average molecular weight is 371 g/mol. The van der Waals surface area contributed by atoms with Crippen molar-refractivity contribution in [3.05, 3.63) is 58.4 Å². The Hall–Kier alpha value is -2.64. The van der Waals surface area contributed by atoms with E-state index in [0.717, 1.165) is 12.0 Å². The fourth-order valence-electron chi connectivity index (χ4n) is 2.73. The van der Waals surface area contributed by atoms with E-state index in [0.29, 0.717) is 23.6 Å². The second-order valence-electron chi connectivity index (χ2n) is 5.98. The zero-order valence-corrected chi connectivity index (χ0v) is 15.3. The molecule has 0 unspecified atom stereocenters. The number of hydrogen-bond donors (Lipinski definition) is 3. The molecule has 0 bridgehead atoms. The van der Waals surface area contributed by atoms with Crippen LogP contribution < -0.4 is 10.1 Å². The van der Waals surface area contributed by atoms with E-state index in [1.54, 1.807) is 18.4 Å². The molecule has 0 saturated heterocycles. The van der Waals surface area contributed by atoms with Crippen LogP contribution in [0.25, 0.3) is 11.3 Å². The largest absolute Gasteiger partial charge is 0.497 e. The molecule has 0 aliphatic rings. The van der Waals surface area contributed by atoms with E-state index in [4.69, 9.17) is 4.74 Å². The number of H-pyrrole nitrogens is 1. The number of ether oxygens (including phenoxy) is 1. The van der Waals surface area contributed by atoms with Crippen LogP contribution in [0.1, 0.15) is 15.9 Å². The smallest absolute Gasteiger partial charge is 0.255 e. The monoisotopic (exact) mass is 371 g/mol. The number of rotatable bonds is 8. The maximum atomic E-state index is 12.6. The summed E-state index contributed by atoms with van der Waals surface area (Å²) in [6.07, 6.45) is 2.24. The summed E-state index contributed by atoms with van der Waals surface area (Å²) in [5.74, 6) is 0.459. The van der Waals surface area contributed by atoms with Gasteiger partial charge in [-0.25, -0.2) is 0 Å². The van der Waals surface area contributed by atoms with Gasteiger partial charge in [0.2, 0.25) is 0 Å². The van der Waals surface area contributed by atoms with Crippen molar-refractivity contribution in [3.63, 3.8) is 0 Å². The second-order valence-corrected chi connectivity index (χ2v) is 6.77. The van der Waals surface area contributed by atoms with Gasteiger partial charge in [-0.15, -0.1) is 0 Å². The van der Waals surface area contributed by atoms with E-state index in [2.05, 4.69) is 20.9 Å². The summed E-state index contributed by atoms with van der Waals surface area (Å²) in [6.45, 7) is 0.415. The van der Waals surface area contributed by atoms with Crippen LogP contribution in [0, 0.1) is 5.92 Å². The number of benzene rings is 1. The van der Waals surface area contributed by atoms with Crippen molar-refractivity contribution < 1.29 is 14.6 Å². The Balaban J connectivity index is 1.67. The minimum absolute atomic E-state index is 0.0181. The molecule has 136 valence electrons. The third-order valence-electron chi connectivity index (χ3n) is 4.16. The van der Waals surface area contributed by atoms with Crippen molar-refractivity contribution in [2.45, 2.75) is 6.42 Å². The molecular formula is C19H21N3O3S. The van der Waals surface area contributed by atoms with Gasteiger partial charge in [-0.2, -0.15) is 16.4 Å². The number of carbonyl (C=O) groups excluding carboxylic acids is 1. The molecule has 0 fully saturated rings. The maximum absolute atomic E-state index is 12.6. The Bertz CT molecular complexity index is 845. The van der Waals surface area contributed by atoms with E-state index in [-0.39, 0.29) is 18.4 Å². The van der Waals surface area contributed by atoms with Crippen LogP contribution in [-0.4, -0.2) is 41.5 Å². The van der Waals surface area contributed by atoms with Gasteiger partial charge in [-0.05, 0) is 40.9 Å². The van der Waals surface area contributed by atoms with Crippen LogP contribution in [0.2, 0.25) is 0 Å². The van der Waals surface area contributed by atoms with Crippen LogP contribution >= 0.6 is 11.3 Å². The topological polar surface area (TPSA) is 87.2 Å². The summed E-state index contributed by atoms with van der Waals surface area (Å²) in [5, 5.41) is 23.4. The molecule has 1 atom stereocenters. The SMILES string of the molecule is COc1cccc(-c2[nH]ncc2C(=O)NC[C@@H](CO)Cc2ccsc2)c1. The Morgan fingerprint density at radius 1 is 1.42 bits per heavy atom. The van der Waals surface area contributed by atoms with Crippen LogP contribution in [0.3, 0.4) is 0 Å². The van der Waals surface area contributed by atoms with Crippen molar-refractivity contribution in [2.75, 3.05) is 20.3 Å². The third kappa shape index (κ3) is 4.30. The Morgan fingerprint density at radius 2 is 2.31 bits per heavy atom. The van der Waals surface area contributed by atoms with Gasteiger partial charge in [0.25, 0.3) is 5.91 Å². The molecule has 7 heteroatoms. The predicted octanol–water partition coefficient (Wildman–Crippen LogP) is 2.73. The lowest BCUT2D eigenvalue weighted by molar-refractivity contribution is 0.0940. The van der Waals surface area contributed by atoms with Gasteiger partial charge in [0.1, 0.15) is 5.75 Å². The number of aliphatic hydroxyl groups is 1. The van der Waals surface area contributed by atoms with Gasteiger partial charge in [0.15, 0.2) is 0 Å². The standard InChI is InChI=1S/C19H21N3O3S/c1-25-16-4-2-3-15(8-16)18-17(10-21-22-18)19(24)20-9-14(11-23)7-13-5-6-26-12-13/h2-6,8,10,12,14,23H,7,9,11H2,1H3,(H,20,24)(H,21,22)/t14-/m0/s1. The number of amides is 1. The molecule has 0 saturated carbocycles. The lowest BCUT2D eigenvalue weighted by Crippen LogP contribution is -2.31. The summed E-state index contributed by atoms with van der Waals surface area (Å²) < 4.78 is 5.23. The number of aromatic nitrogens is 2. The molecular weight excluding hydrogens is 350 g/mol. The summed E-state index contributed by atoms with van der Waals surface area (Å²) in [4.78, 5) is 12.6. The first-order valence-electron chi connectivity index (χ1n) is 8.29. The number of thiophene rings is 1. The highest BCUT2D eigenvalue weighted by molar-refractivity contribution is 7.07. The highest BCUT2D eigenvalue weighted by Crippen LogP contribution is 2.25. The van der Waals surface area contributed by atoms with Crippen molar-refractivity contribution >= 4 is 17.2 Å². The van der Waals surface area contributed by atoms with Crippen molar-refractivity contribution in [1.82, 2.24) is 15.5 Å². The molecule has 0 radical (unpaired) electrons. The number of aliphatic hydroxyl groups excluding tert-OH is 1. The van der Waals surface area contributed by atoms with Gasteiger partial charge in [-0.1, -0.05) is 12.1 Å². The van der Waals surface area contributed by atoms with Crippen molar-refractivity contribution in [2.24, 2.45) is 5.92 Å². The molecule has 6 nitrogen and oxygen atoms in total. The average Bonchev–Trinajstić information content (AvgIpc) is 3.36. The van der Waals surface area contributed by atoms with Crippen LogP contribution in [-0.2, 0) is 6.42 Å². The summed E-state index contributed by atoms with van der Waals surface area (Å²) in [7, 11) is 1.60. The first-order valence-corrected chi connectivity index (χ1v) is 9.23. The number of carbonyl (C=O) groups is 1. The van der Waals surface area contributed by atoms with E-state index < -0.39 is 0 Å². The second kappa shape index (κ2) is 8.64. The molecule has 1 aromatic carbocycles. The molecule has 3 rings (SSSR count). The molecule has 2 aromatic heterocycles. The zero-order valence-electron chi connectivity index (χ0n) is 14.4. The minimum atomic E-state index is -0.222. The predicted molar refractivity (Wildman–Crippen MR) is 102 cm³/mol. The van der Waals surface area contributed by atoms with Crippen molar-refractivity contribution in [1.29, 1.82) is 0 Å². The summed E-state index contributed by atoms with van der Waals surface area (Å²) in [6, 6.07) is 9.47. The summed E-state index contributed by atoms with van der Waals surface area (Å²) in [5.41, 5.74) is 3.10. The minimum Gasteiger partial charge on any atom is -0.497 e. The van der Waals surface area contributed by atoms with E-state index in [1.165, 1.54) is 11.8 Å². The van der Waals surface area contributed by atoms with Gasteiger partial charge in [-0.3, -0.25) is 9.89 Å². The van der Waals surface area contributed by atoms with Gasteiger partial charge >= 0.3 is 0 Å². The molecule has 3 N–H and O–H groups in total. The van der Waals surface area contributed by atoms with Crippen molar-refractivity contribution in [3.8, 4) is 17.0 Å². The number of aromatic amines is 1. The first-order chi connectivity index (χ1) is 12.7. The molecule has 0 spiro atoms. The van der Waals surface area contributed by atoms with Crippen LogP contribution in [0.15, 0.2) is 47.3 Å². The third-order valence-corrected chi connectivity index (χ3v) is 4.89. The highest BCUT2D eigenvalue weighted by atomic mass is 32.1. The maximum Gasteiger partial charge on any atom is 0.255 e. The molecule has 0 aliphatic heterocycles. The fourth-order valence-corrected chi connectivity index (χ4v) is 3.41. The number of methoxy groups -OCH3 is 1. The Labute approximate surface area is 155 Å². The molecule has 3 aromatic rings. The lowest BCUT2D eigenvalue weighted by Gasteiger charge is -2.14. The summed E-state index contributed by atoms with van der Waals surface area (Å²) >= 11 is 1.63. The zero-order chi connectivity index (χ0) is 18.4. The molecule has 26 heavy (non-hydrogen) atoms. The quantitative estimate of drug-likeness (QED) is 0.568. The first kappa shape index (κ1) is 18.2. The van der Waals surface area contributed by atoms with Crippen LogP contribution in [0.4, 0.5) is 0 Å². The van der Waals surface area contributed by atoms with Crippen LogP contribution in [0.5, 0.6) is 5.75 Å². The van der Waals surface area contributed by atoms with Gasteiger partial charge < -0.3 is 15.2 Å². The number of nitrogens with zero attached hydrogens (tertiary/aromatic N) is 1. The number of hydrogen-bond acceptors (Lipinski definition) is 5. The highest BCUT2D eigenvalue weighted by Gasteiger charge is 2.17. The van der Waals surface area contributed by atoms with E-state index >= 15 is 0 Å². The molecule has 2 heterocycles. The van der Waals surface area contributed by atoms with E-state index in [1.807, 2.05) is 35.7 Å². The molecule has 0 aliphatic carbocycles. The lowest BCUT2D eigenvalue weighted by atomic mass is 10.0. The Kier molecular flexibility index (Phi) is 6.04.